The van der Waals surface area contributed by atoms with Crippen LogP contribution >= 0.6 is 0 Å². The number of ether oxygens (including phenoxy) is 1. The van der Waals surface area contributed by atoms with E-state index in [9.17, 15) is 14.4 Å². The molecular weight excluding hydrogens is 394 g/mol. The highest BCUT2D eigenvalue weighted by Crippen LogP contribution is 2.29. The van der Waals surface area contributed by atoms with Crippen LogP contribution < -0.4 is 4.90 Å². The summed E-state index contributed by atoms with van der Waals surface area (Å²) in [7, 11) is 0. The number of hydrazone groups is 1. The van der Waals surface area contributed by atoms with E-state index in [1.807, 2.05) is 61.5 Å². The van der Waals surface area contributed by atoms with E-state index in [2.05, 4.69) is 5.10 Å². The van der Waals surface area contributed by atoms with Crippen molar-refractivity contribution in [3.63, 3.8) is 0 Å². The maximum Gasteiger partial charge on any atom is 0.311 e. The average Bonchev–Trinajstić information content (AvgIpc) is 3.45. The first-order valence-electron chi connectivity index (χ1n) is 10.5. The van der Waals surface area contributed by atoms with Crippen molar-refractivity contribution >= 4 is 29.2 Å². The summed E-state index contributed by atoms with van der Waals surface area (Å²) in [6.07, 6.45) is 1.54. The first-order valence-corrected chi connectivity index (χ1v) is 10.5. The Hall–Kier alpha value is -3.48. The largest absolute Gasteiger partial charge is 0.455 e. The van der Waals surface area contributed by atoms with Crippen LogP contribution in [-0.2, 0) is 25.5 Å². The van der Waals surface area contributed by atoms with Crippen LogP contribution in [0.15, 0.2) is 59.7 Å². The zero-order valence-corrected chi connectivity index (χ0v) is 17.5. The van der Waals surface area contributed by atoms with Crippen molar-refractivity contribution in [2.24, 2.45) is 11.0 Å². The normalized spacial score (nSPS) is 18.3. The number of hydrogen-bond acceptors (Lipinski definition) is 5. The molecule has 0 spiro atoms. The topological polar surface area (TPSA) is 79.3 Å². The third kappa shape index (κ3) is 4.50. The second-order valence-electron chi connectivity index (χ2n) is 7.67. The van der Waals surface area contributed by atoms with Crippen molar-refractivity contribution < 1.29 is 19.1 Å². The van der Waals surface area contributed by atoms with E-state index < -0.39 is 11.9 Å². The van der Waals surface area contributed by atoms with Gasteiger partial charge in [0.25, 0.3) is 5.91 Å². The van der Waals surface area contributed by atoms with Gasteiger partial charge in [0.2, 0.25) is 5.91 Å². The van der Waals surface area contributed by atoms with Crippen molar-refractivity contribution in [3.05, 3.63) is 65.7 Å². The Labute approximate surface area is 181 Å². The molecule has 0 N–H and O–H groups in total. The fourth-order valence-corrected chi connectivity index (χ4v) is 3.97. The fraction of sp³-hybridized carbons (Fsp3) is 0.333. The summed E-state index contributed by atoms with van der Waals surface area (Å²) >= 11 is 0. The van der Waals surface area contributed by atoms with Crippen LogP contribution in [0.25, 0.3) is 0 Å². The summed E-state index contributed by atoms with van der Waals surface area (Å²) < 4.78 is 5.25. The Morgan fingerprint density at radius 3 is 2.61 bits per heavy atom. The van der Waals surface area contributed by atoms with Gasteiger partial charge in [-0.2, -0.15) is 5.10 Å². The Kier molecular flexibility index (Phi) is 6.11. The number of esters is 1. The molecule has 2 aromatic carbocycles. The smallest absolute Gasteiger partial charge is 0.311 e. The van der Waals surface area contributed by atoms with Gasteiger partial charge in [0, 0.05) is 25.1 Å². The molecule has 7 heteroatoms. The minimum absolute atomic E-state index is 0.0884. The van der Waals surface area contributed by atoms with Crippen molar-refractivity contribution in [2.45, 2.75) is 26.2 Å². The predicted molar refractivity (Wildman–Crippen MR) is 117 cm³/mol. The van der Waals surface area contributed by atoms with Gasteiger partial charge in [-0.05, 0) is 23.6 Å². The van der Waals surface area contributed by atoms with Crippen molar-refractivity contribution in [3.8, 4) is 0 Å². The molecule has 1 atom stereocenters. The molecule has 0 bridgehead atoms. The lowest BCUT2D eigenvalue weighted by Crippen LogP contribution is -2.31. The minimum Gasteiger partial charge on any atom is -0.455 e. The second kappa shape index (κ2) is 9.12. The van der Waals surface area contributed by atoms with E-state index in [1.165, 1.54) is 5.01 Å². The van der Waals surface area contributed by atoms with E-state index in [4.69, 9.17) is 4.74 Å². The highest BCUT2D eigenvalue weighted by molar-refractivity contribution is 6.03. The third-order valence-electron chi connectivity index (χ3n) is 5.66. The SMILES string of the molecule is CCc1ccccc1N1C[C@@H](C(=O)OCC(=O)N2CCC(c3ccccc3)=N2)CC1=O. The number of carbonyl (C=O) groups excluding carboxylic acids is 3. The van der Waals surface area contributed by atoms with Crippen molar-refractivity contribution in [1.29, 1.82) is 0 Å². The molecule has 2 aliphatic rings. The average molecular weight is 419 g/mol. The lowest BCUT2D eigenvalue weighted by Gasteiger charge is -2.19. The van der Waals surface area contributed by atoms with Gasteiger partial charge in [-0.3, -0.25) is 14.4 Å². The number of amides is 2. The number of nitrogens with zero attached hydrogens (tertiary/aromatic N) is 3. The molecule has 0 saturated carbocycles. The van der Waals surface area contributed by atoms with Crippen molar-refractivity contribution in [2.75, 3.05) is 24.6 Å². The van der Waals surface area contributed by atoms with Crippen LogP contribution in [-0.4, -0.2) is 48.2 Å². The number of rotatable bonds is 6. The van der Waals surface area contributed by atoms with E-state index in [0.717, 1.165) is 28.9 Å². The molecule has 0 radical (unpaired) electrons. The van der Waals surface area contributed by atoms with Gasteiger partial charge in [0.1, 0.15) is 0 Å². The maximum absolute atomic E-state index is 12.5. The maximum atomic E-state index is 12.5. The van der Waals surface area contributed by atoms with Crippen molar-refractivity contribution in [1.82, 2.24) is 5.01 Å². The third-order valence-corrected chi connectivity index (χ3v) is 5.66. The summed E-state index contributed by atoms with van der Waals surface area (Å²) in [5.74, 6) is -1.57. The van der Waals surface area contributed by atoms with Crippen LogP contribution in [0.2, 0.25) is 0 Å². The minimum atomic E-state index is -0.577. The molecule has 2 aliphatic heterocycles. The molecule has 1 fully saturated rings. The molecule has 0 unspecified atom stereocenters. The molecule has 4 rings (SSSR count). The molecule has 1 saturated heterocycles. The number of para-hydroxylation sites is 1. The molecular formula is C24H25N3O4. The number of aryl methyl sites for hydroxylation is 1. The molecule has 2 amide bonds. The molecule has 2 aromatic rings. The predicted octanol–water partition coefficient (Wildman–Crippen LogP) is 2.78. The van der Waals surface area contributed by atoms with Crippen LogP contribution in [0.1, 0.15) is 30.9 Å². The summed E-state index contributed by atoms with van der Waals surface area (Å²) in [6, 6.07) is 17.4. The lowest BCUT2D eigenvalue weighted by molar-refractivity contribution is -0.155. The van der Waals surface area contributed by atoms with Gasteiger partial charge < -0.3 is 9.64 Å². The van der Waals surface area contributed by atoms with E-state index >= 15 is 0 Å². The number of carbonyl (C=O) groups is 3. The highest BCUT2D eigenvalue weighted by atomic mass is 16.5. The summed E-state index contributed by atoms with van der Waals surface area (Å²) in [5, 5.41) is 5.71. The zero-order chi connectivity index (χ0) is 21.8. The molecule has 0 aliphatic carbocycles. The Balaban J connectivity index is 1.33. The van der Waals surface area contributed by atoms with Gasteiger partial charge >= 0.3 is 5.97 Å². The Bertz CT molecular complexity index is 1020. The van der Waals surface area contributed by atoms with Gasteiger partial charge in [-0.15, -0.1) is 0 Å². The monoisotopic (exact) mass is 419 g/mol. The molecule has 160 valence electrons. The standard InChI is InChI=1S/C24H25N3O4/c1-2-17-8-6-7-11-21(17)26-15-19(14-22(26)28)24(30)31-16-23(29)27-13-12-20(25-27)18-9-4-3-5-10-18/h3-11,19H,2,12-16H2,1H3/t19-/m0/s1. The molecule has 2 heterocycles. The summed E-state index contributed by atoms with van der Waals surface area (Å²) in [4.78, 5) is 39.1. The first kappa shape index (κ1) is 20.8. The van der Waals surface area contributed by atoms with Crippen LogP contribution in [0.5, 0.6) is 0 Å². The zero-order valence-electron chi connectivity index (χ0n) is 17.5. The lowest BCUT2D eigenvalue weighted by atomic mass is 10.1. The first-order chi connectivity index (χ1) is 15.1. The number of benzene rings is 2. The van der Waals surface area contributed by atoms with Gasteiger partial charge in [-0.25, -0.2) is 5.01 Å². The van der Waals surface area contributed by atoms with Gasteiger partial charge in [0.15, 0.2) is 6.61 Å². The van der Waals surface area contributed by atoms with Crippen LogP contribution in [0.4, 0.5) is 5.69 Å². The summed E-state index contributed by atoms with van der Waals surface area (Å²) in [6.45, 7) is 2.38. The fourth-order valence-electron chi connectivity index (χ4n) is 3.97. The molecule has 7 nitrogen and oxygen atoms in total. The van der Waals surface area contributed by atoms with E-state index in [1.54, 1.807) is 4.90 Å². The van der Waals surface area contributed by atoms with Crippen LogP contribution in [0.3, 0.4) is 0 Å². The number of anilines is 1. The van der Waals surface area contributed by atoms with Gasteiger partial charge in [0.05, 0.1) is 18.2 Å². The van der Waals surface area contributed by atoms with Gasteiger partial charge in [-0.1, -0.05) is 55.5 Å². The number of hydrogen-bond donors (Lipinski definition) is 0. The quantitative estimate of drug-likeness (QED) is 0.675. The Morgan fingerprint density at radius 1 is 1.10 bits per heavy atom. The van der Waals surface area contributed by atoms with Crippen LogP contribution in [0, 0.1) is 5.92 Å². The highest BCUT2D eigenvalue weighted by Gasteiger charge is 2.37. The molecule has 0 aromatic heterocycles. The van der Waals surface area contributed by atoms with E-state index in [0.29, 0.717) is 13.0 Å². The second-order valence-corrected chi connectivity index (χ2v) is 7.67. The van der Waals surface area contributed by atoms with E-state index in [-0.39, 0.29) is 31.4 Å². The Morgan fingerprint density at radius 2 is 1.84 bits per heavy atom. The molecule has 31 heavy (non-hydrogen) atoms. The summed E-state index contributed by atoms with van der Waals surface area (Å²) in [5.41, 5.74) is 3.71.